The number of ether oxygens (including phenoxy) is 1. The number of carbonyl (C=O) groups excluding carboxylic acids is 1. The van der Waals surface area contributed by atoms with Crippen molar-refractivity contribution in [3.63, 3.8) is 0 Å². The van der Waals surface area contributed by atoms with Crippen molar-refractivity contribution in [2.24, 2.45) is 5.92 Å². The van der Waals surface area contributed by atoms with Crippen LogP contribution in [-0.2, 0) is 9.53 Å². The zero-order valence-corrected chi connectivity index (χ0v) is 8.30. The molecule has 0 heterocycles. The molecule has 13 heavy (non-hydrogen) atoms. The lowest BCUT2D eigenvalue weighted by Gasteiger charge is -2.10. The van der Waals surface area contributed by atoms with Crippen LogP contribution in [0.5, 0.6) is 0 Å². The highest BCUT2D eigenvalue weighted by molar-refractivity contribution is 5.82. The summed E-state index contributed by atoms with van der Waals surface area (Å²) in [5.41, 5.74) is 2.33. The van der Waals surface area contributed by atoms with Crippen LogP contribution in [0.2, 0.25) is 0 Å². The number of esters is 1. The first-order chi connectivity index (χ1) is 6.15. The van der Waals surface area contributed by atoms with Gasteiger partial charge in [0.1, 0.15) is 0 Å². The Balaban J connectivity index is 2.73. The molecular formula is C11H16O2. The van der Waals surface area contributed by atoms with Crippen LogP contribution in [0.4, 0.5) is 0 Å². The zero-order valence-electron chi connectivity index (χ0n) is 8.30. The molecule has 1 rings (SSSR count). The summed E-state index contributed by atoms with van der Waals surface area (Å²) in [7, 11) is 1.41. The second-order valence-corrected chi connectivity index (χ2v) is 3.53. The molecule has 1 saturated carbocycles. The lowest BCUT2D eigenvalue weighted by atomic mass is 9.96. The van der Waals surface area contributed by atoms with Crippen LogP contribution in [0.3, 0.4) is 0 Å². The van der Waals surface area contributed by atoms with Gasteiger partial charge >= 0.3 is 5.97 Å². The van der Waals surface area contributed by atoms with Crippen molar-refractivity contribution in [1.82, 2.24) is 0 Å². The Morgan fingerprint density at radius 1 is 1.69 bits per heavy atom. The maximum Gasteiger partial charge on any atom is 0.330 e. The SMILES string of the molecule is C=C(C)C1CCCC1=CC(=O)OC. The molecule has 1 unspecified atom stereocenters. The summed E-state index contributed by atoms with van der Waals surface area (Å²) in [6.45, 7) is 5.94. The standard InChI is InChI=1S/C11H16O2/c1-8(2)10-6-4-5-9(10)7-11(12)13-3/h7,10H,1,4-6H2,2-3H3. The molecule has 0 aromatic carbocycles. The second-order valence-electron chi connectivity index (χ2n) is 3.53. The first-order valence-corrected chi connectivity index (χ1v) is 4.59. The Hall–Kier alpha value is -1.05. The van der Waals surface area contributed by atoms with Crippen LogP contribution in [0.1, 0.15) is 26.2 Å². The molecule has 0 saturated heterocycles. The molecule has 1 atom stereocenters. The average molecular weight is 180 g/mol. The minimum absolute atomic E-state index is 0.247. The maximum atomic E-state index is 11.0. The van der Waals surface area contributed by atoms with Gasteiger partial charge in [0.05, 0.1) is 7.11 Å². The largest absolute Gasteiger partial charge is 0.466 e. The van der Waals surface area contributed by atoms with Gasteiger partial charge in [0.25, 0.3) is 0 Å². The first kappa shape index (κ1) is 10.0. The lowest BCUT2D eigenvalue weighted by molar-refractivity contribution is -0.134. The van der Waals surface area contributed by atoms with Crippen LogP contribution in [-0.4, -0.2) is 13.1 Å². The minimum atomic E-state index is -0.247. The molecule has 2 heteroatoms. The molecular weight excluding hydrogens is 164 g/mol. The van der Waals surface area contributed by atoms with E-state index in [2.05, 4.69) is 11.3 Å². The highest BCUT2D eigenvalue weighted by Crippen LogP contribution is 2.35. The molecule has 0 N–H and O–H groups in total. The predicted molar refractivity (Wildman–Crippen MR) is 52.3 cm³/mol. The van der Waals surface area contributed by atoms with E-state index in [1.165, 1.54) is 12.7 Å². The third kappa shape index (κ3) is 2.44. The molecule has 2 nitrogen and oxygen atoms in total. The lowest BCUT2D eigenvalue weighted by Crippen LogP contribution is -2.02. The second kappa shape index (κ2) is 4.26. The third-order valence-corrected chi connectivity index (χ3v) is 2.51. The number of carbonyl (C=O) groups is 1. The van der Waals surface area contributed by atoms with Gasteiger partial charge in [-0.15, -0.1) is 0 Å². The zero-order chi connectivity index (χ0) is 9.84. The highest BCUT2D eigenvalue weighted by Gasteiger charge is 2.22. The average Bonchev–Trinajstić information content (AvgIpc) is 2.52. The van der Waals surface area contributed by atoms with E-state index in [9.17, 15) is 4.79 Å². The molecule has 0 aromatic rings. The number of hydrogen-bond acceptors (Lipinski definition) is 2. The monoisotopic (exact) mass is 180 g/mol. The van der Waals surface area contributed by atoms with Gasteiger partial charge in [-0.3, -0.25) is 0 Å². The van der Waals surface area contributed by atoms with Gasteiger partial charge in [0.15, 0.2) is 0 Å². The van der Waals surface area contributed by atoms with E-state index in [-0.39, 0.29) is 5.97 Å². The quantitative estimate of drug-likeness (QED) is 0.370. The summed E-state index contributed by atoms with van der Waals surface area (Å²) < 4.78 is 4.60. The van der Waals surface area contributed by atoms with Crippen LogP contribution < -0.4 is 0 Å². The molecule has 0 radical (unpaired) electrons. The summed E-state index contributed by atoms with van der Waals surface area (Å²) in [6, 6.07) is 0. The normalized spacial score (nSPS) is 24.8. The fraction of sp³-hybridized carbons (Fsp3) is 0.545. The Morgan fingerprint density at radius 3 is 2.92 bits per heavy atom. The van der Waals surface area contributed by atoms with Gasteiger partial charge in [0, 0.05) is 12.0 Å². The van der Waals surface area contributed by atoms with Crippen LogP contribution in [0.15, 0.2) is 23.8 Å². The van der Waals surface area contributed by atoms with Crippen LogP contribution >= 0.6 is 0 Å². The Morgan fingerprint density at radius 2 is 2.38 bits per heavy atom. The predicted octanol–water partition coefficient (Wildman–Crippen LogP) is 2.46. The van der Waals surface area contributed by atoms with E-state index >= 15 is 0 Å². The van der Waals surface area contributed by atoms with Gasteiger partial charge in [0.2, 0.25) is 0 Å². The fourth-order valence-corrected chi connectivity index (χ4v) is 1.82. The van der Waals surface area contributed by atoms with E-state index in [1.807, 2.05) is 6.92 Å². The van der Waals surface area contributed by atoms with Crippen molar-refractivity contribution < 1.29 is 9.53 Å². The number of allylic oxidation sites excluding steroid dienone is 2. The molecule has 0 amide bonds. The molecule has 1 aliphatic rings. The van der Waals surface area contributed by atoms with E-state index in [0.29, 0.717) is 5.92 Å². The summed E-state index contributed by atoms with van der Waals surface area (Å²) in [6.07, 6.45) is 4.90. The van der Waals surface area contributed by atoms with E-state index in [4.69, 9.17) is 0 Å². The summed E-state index contributed by atoms with van der Waals surface area (Å²) in [5, 5.41) is 0. The van der Waals surface area contributed by atoms with Crippen LogP contribution in [0.25, 0.3) is 0 Å². The van der Waals surface area contributed by atoms with Gasteiger partial charge < -0.3 is 4.74 Å². The number of rotatable bonds is 2. The summed E-state index contributed by atoms with van der Waals surface area (Å²) >= 11 is 0. The van der Waals surface area contributed by atoms with Crippen LogP contribution in [0, 0.1) is 5.92 Å². The third-order valence-electron chi connectivity index (χ3n) is 2.51. The van der Waals surface area contributed by atoms with Gasteiger partial charge in [-0.25, -0.2) is 4.79 Å². The van der Waals surface area contributed by atoms with Crippen molar-refractivity contribution in [2.75, 3.05) is 7.11 Å². The van der Waals surface area contributed by atoms with Crippen molar-refractivity contribution >= 4 is 5.97 Å². The Kier molecular flexibility index (Phi) is 3.29. The molecule has 0 aliphatic heterocycles. The molecule has 0 bridgehead atoms. The maximum absolute atomic E-state index is 11.0. The molecule has 1 fully saturated rings. The molecule has 0 aromatic heterocycles. The van der Waals surface area contributed by atoms with Crippen molar-refractivity contribution in [1.29, 1.82) is 0 Å². The molecule has 0 spiro atoms. The molecule has 1 aliphatic carbocycles. The van der Waals surface area contributed by atoms with Crippen molar-refractivity contribution in [2.45, 2.75) is 26.2 Å². The van der Waals surface area contributed by atoms with Gasteiger partial charge in [-0.05, 0) is 26.2 Å². The fourth-order valence-electron chi connectivity index (χ4n) is 1.82. The first-order valence-electron chi connectivity index (χ1n) is 4.59. The molecule has 72 valence electrons. The Bertz CT molecular complexity index is 251. The highest BCUT2D eigenvalue weighted by atomic mass is 16.5. The smallest absolute Gasteiger partial charge is 0.330 e. The van der Waals surface area contributed by atoms with Gasteiger partial charge in [-0.2, -0.15) is 0 Å². The van der Waals surface area contributed by atoms with E-state index in [0.717, 1.165) is 24.8 Å². The number of methoxy groups -OCH3 is 1. The van der Waals surface area contributed by atoms with Crippen molar-refractivity contribution in [3.05, 3.63) is 23.8 Å². The minimum Gasteiger partial charge on any atom is -0.466 e. The number of hydrogen-bond donors (Lipinski definition) is 0. The van der Waals surface area contributed by atoms with E-state index < -0.39 is 0 Å². The van der Waals surface area contributed by atoms with E-state index in [1.54, 1.807) is 6.08 Å². The summed E-state index contributed by atoms with van der Waals surface area (Å²) in [5.74, 6) is 0.155. The van der Waals surface area contributed by atoms with Crippen molar-refractivity contribution in [3.8, 4) is 0 Å². The summed E-state index contributed by atoms with van der Waals surface area (Å²) in [4.78, 5) is 11.0. The Labute approximate surface area is 79.3 Å². The van der Waals surface area contributed by atoms with Gasteiger partial charge in [-0.1, -0.05) is 17.7 Å². The topological polar surface area (TPSA) is 26.3 Å².